The minimum Gasteiger partial charge on any atom is -0.313 e. The standard InChI is InChI=1S/C22H20F2N6O/c1-3-19(14-4-8-16(23)9-5-14)30-13-18(27-28-30)21(31)26-22-25-12-20(29(22)2)15-6-10-17(24)11-7-15/h4-13,19H,3H2,1-2H3,(H,25,26,31). The molecule has 4 aromatic rings. The van der Waals surface area contributed by atoms with Crippen LogP contribution < -0.4 is 5.32 Å². The highest BCUT2D eigenvalue weighted by molar-refractivity contribution is 6.01. The summed E-state index contributed by atoms with van der Waals surface area (Å²) in [5.74, 6) is -0.773. The minimum absolute atomic E-state index is 0.131. The Balaban J connectivity index is 1.52. The molecule has 2 heterocycles. The van der Waals surface area contributed by atoms with Gasteiger partial charge in [-0.2, -0.15) is 0 Å². The number of aromatic nitrogens is 5. The van der Waals surface area contributed by atoms with Crippen molar-refractivity contribution < 1.29 is 13.6 Å². The van der Waals surface area contributed by atoms with Gasteiger partial charge < -0.3 is 4.57 Å². The van der Waals surface area contributed by atoms with E-state index >= 15 is 0 Å². The lowest BCUT2D eigenvalue weighted by molar-refractivity contribution is 0.102. The lowest BCUT2D eigenvalue weighted by Gasteiger charge is -2.15. The second-order valence-corrected chi connectivity index (χ2v) is 7.05. The quantitative estimate of drug-likeness (QED) is 0.505. The van der Waals surface area contributed by atoms with Crippen molar-refractivity contribution >= 4 is 11.9 Å². The molecule has 0 aliphatic rings. The maximum Gasteiger partial charge on any atom is 0.280 e. The van der Waals surface area contributed by atoms with Gasteiger partial charge in [0.1, 0.15) is 11.6 Å². The number of carbonyl (C=O) groups excluding carboxylic acids is 1. The first-order valence-electron chi connectivity index (χ1n) is 9.72. The lowest BCUT2D eigenvalue weighted by Crippen LogP contribution is -2.16. The van der Waals surface area contributed by atoms with Crippen LogP contribution in [0.5, 0.6) is 0 Å². The molecule has 0 radical (unpaired) electrons. The van der Waals surface area contributed by atoms with Gasteiger partial charge in [0.2, 0.25) is 5.95 Å². The molecule has 2 aromatic carbocycles. The Hall–Kier alpha value is -3.88. The number of hydrogen-bond acceptors (Lipinski definition) is 4. The molecule has 0 bridgehead atoms. The molecule has 9 heteroatoms. The highest BCUT2D eigenvalue weighted by Gasteiger charge is 2.19. The fraction of sp³-hybridized carbons (Fsp3) is 0.182. The van der Waals surface area contributed by atoms with Crippen LogP contribution >= 0.6 is 0 Å². The third-order valence-electron chi connectivity index (χ3n) is 5.06. The average molecular weight is 422 g/mol. The maximum atomic E-state index is 13.2. The average Bonchev–Trinajstić information content (AvgIpc) is 3.39. The minimum atomic E-state index is -0.459. The van der Waals surface area contributed by atoms with Gasteiger partial charge in [0, 0.05) is 12.6 Å². The Morgan fingerprint density at radius 2 is 1.71 bits per heavy atom. The summed E-state index contributed by atoms with van der Waals surface area (Å²) in [7, 11) is 1.75. The SMILES string of the molecule is CCC(c1ccc(F)cc1)n1cc(C(=O)Nc2ncc(-c3ccc(F)cc3)n2C)nn1. The summed E-state index contributed by atoms with van der Waals surface area (Å²) in [6.45, 7) is 1.97. The van der Waals surface area contributed by atoms with Crippen LogP contribution in [0.3, 0.4) is 0 Å². The van der Waals surface area contributed by atoms with E-state index in [1.165, 1.54) is 24.3 Å². The fourth-order valence-electron chi connectivity index (χ4n) is 3.37. The van der Waals surface area contributed by atoms with Crippen LogP contribution in [-0.4, -0.2) is 30.5 Å². The first kappa shape index (κ1) is 20.4. The Morgan fingerprint density at radius 3 is 2.35 bits per heavy atom. The molecule has 31 heavy (non-hydrogen) atoms. The highest BCUT2D eigenvalue weighted by atomic mass is 19.1. The van der Waals surface area contributed by atoms with Crippen LogP contribution in [0, 0.1) is 11.6 Å². The zero-order chi connectivity index (χ0) is 22.0. The Morgan fingerprint density at radius 1 is 1.06 bits per heavy atom. The van der Waals surface area contributed by atoms with Crippen LogP contribution in [-0.2, 0) is 7.05 Å². The second kappa shape index (κ2) is 8.47. The van der Waals surface area contributed by atoms with Crippen molar-refractivity contribution in [2.24, 2.45) is 7.05 Å². The molecule has 0 aliphatic carbocycles. The summed E-state index contributed by atoms with van der Waals surface area (Å²) in [5, 5.41) is 10.8. The molecular weight excluding hydrogens is 402 g/mol. The molecule has 0 fully saturated rings. The van der Waals surface area contributed by atoms with E-state index in [1.54, 1.807) is 53.0 Å². The van der Waals surface area contributed by atoms with Crippen molar-refractivity contribution in [3.63, 3.8) is 0 Å². The second-order valence-electron chi connectivity index (χ2n) is 7.05. The van der Waals surface area contributed by atoms with Crippen LogP contribution in [0.15, 0.2) is 60.9 Å². The van der Waals surface area contributed by atoms with Crippen molar-refractivity contribution in [3.8, 4) is 11.3 Å². The smallest absolute Gasteiger partial charge is 0.280 e. The van der Waals surface area contributed by atoms with Gasteiger partial charge in [0.25, 0.3) is 5.91 Å². The molecule has 0 saturated heterocycles. The van der Waals surface area contributed by atoms with Crippen molar-refractivity contribution in [2.45, 2.75) is 19.4 Å². The number of benzene rings is 2. The zero-order valence-electron chi connectivity index (χ0n) is 17.0. The molecule has 158 valence electrons. The van der Waals surface area contributed by atoms with Gasteiger partial charge in [0.15, 0.2) is 5.69 Å². The highest BCUT2D eigenvalue weighted by Crippen LogP contribution is 2.23. The van der Waals surface area contributed by atoms with Crippen LogP contribution in [0.2, 0.25) is 0 Å². The van der Waals surface area contributed by atoms with Crippen LogP contribution in [0.25, 0.3) is 11.3 Å². The molecule has 0 saturated carbocycles. The largest absolute Gasteiger partial charge is 0.313 e. The summed E-state index contributed by atoms with van der Waals surface area (Å²) in [4.78, 5) is 16.9. The van der Waals surface area contributed by atoms with E-state index in [4.69, 9.17) is 0 Å². The van der Waals surface area contributed by atoms with E-state index in [2.05, 4.69) is 20.6 Å². The summed E-state index contributed by atoms with van der Waals surface area (Å²) in [6.07, 6.45) is 3.84. The van der Waals surface area contributed by atoms with Crippen LogP contribution in [0.1, 0.15) is 35.4 Å². The van der Waals surface area contributed by atoms with Gasteiger partial charge in [-0.05, 0) is 48.4 Å². The summed E-state index contributed by atoms with van der Waals surface area (Å²) in [6, 6.07) is 12.0. The maximum absolute atomic E-state index is 13.2. The number of nitrogens with one attached hydrogen (secondary N) is 1. The number of rotatable bonds is 6. The Labute approximate surface area is 177 Å². The van der Waals surface area contributed by atoms with Gasteiger partial charge >= 0.3 is 0 Å². The van der Waals surface area contributed by atoms with Gasteiger partial charge in [-0.1, -0.05) is 24.3 Å². The topological polar surface area (TPSA) is 77.6 Å². The Kier molecular flexibility index (Phi) is 5.57. The molecule has 0 spiro atoms. The van der Waals surface area contributed by atoms with Crippen molar-refractivity contribution in [1.29, 1.82) is 0 Å². The molecular formula is C22H20F2N6O. The number of hydrogen-bond donors (Lipinski definition) is 1. The number of carbonyl (C=O) groups is 1. The third-order valence-corrected chi connectivity index (χ3v) is 5.06. The van der Waals surface area contributed by atoms with Gasteiger partial charge in [-0.3, -0.25) is 10.1 Å². The number of imidazole rings is 1. The Bertz CT molecular complexity index is 1200. The first-order valence-corrected chi connectivity index (χ1v) is 9.72. The normalized spacial score (nSPS) is 12.0. The zero-order valence-corrected chi connectivity index (χ0v) is 17.0. The van der Waals surface area contributed by atoms with Gasteiger partial charge in [0.05, 0.1) is 24.1 Å². The molecule has 4 rings (SSSR count). The molecule has 7 nitrogen and oxygen atoms in total. The third kappa shape index (κ3) is 4.20. The van der Waals surface area contributed by atoms with Gasteiger partial charge in [-0.25, -0.2) is 18.4 Å². The molecule has 1 atom stereocenters. The van der Waals surface area contributed by atoms with E-state index in [1.807, 2.05) is 6.92 Å². The summed E-state index contributed by atoms with van der Waals surface area (Å²) in [5.41, 5.74) is 2.50. The molecule has 1 N–H and O–H groups in total. The molecule has 2 aromatic heterocycles. The van der Waals surface area contributed by atoms with Crippen molar-refractivity contribution in [2.75, 3.05) is 5.32 Å². The molecule has 1 unspecified atom stereocenters. The summed E-state index contributed by atoms with van der Waals surface area (Å²) < 4.78 is 29.7. The van der Waals surface area contributed by atoms with E-state index in [0.29, 0.717) is 12.4 Å². The molecule has 0 aliphatic heterocycles. The van der Waals surface area contributed by atoms with Crippen molar-refractivity contribution in [1.82, 2.24) is 24.5 Å². The van der Waals surface area contributed by atoms with E-state index in [-0.39, 0.29) is 23.4 Å². The predicted molar refractivity (Wildman–Crippen MR) is 111 cm³/mol. The monoisotopic (exact) mass is 422 g/mol. The first-order chi connectivity index (χ1) is 15.0. The van der Waals surface area contributed by atoms with E-state index in [9.17, 15) is 13.6 Å². The van der Waals surface area contributed by atoms with Crippen LogP contribution in [0.4, 0.5) is 14.7 Å². The van der Waals surface area contributed by atoms with Crippen molar-refractivity contribution in [3.05, 3.63) is 83.8 Å². The fourth-order valence-corrected chi connectivity index (χ4v) is 3.37. The number of amides is 1. The van der Waals surface area contributed by atoms with E-state index in [0.717, 1.165) is 16.8 Å². The molecule has 1 amide bonds. The van der Waals surface area contributed by atoms with Gasteiger partial charge in [-0.15, -0.1) is 5.10 Å². The number of nitrogens with zero attached hydrogens (tertiary/aromatic N) is 5. The number of anilines is 1. The predicted octanol–water partition coefficient (Wildman–Crippen LogP) is 4.21. The van der Waals surface area contributed by atoms with E-state index < -0.39 is 5.91 Å². The number of halogens is 2. The lowest BCUT2D eigenvalue weighted by atomic mass is 10.0. The summed E-state index contributed by atoms with van der Waals surface area (Å²) >= 11 is 0.